The Kier molecular flexibility index (Phi) is 3.35. The monoisotopic (exact) mass is 250 g/mol. The van der Waals surface area contributed by atoms with Crippen LogP contribution in [0.4, 0.5) is 0 Å². The van der Waals surface area contributed by atoms with E-state index in [2.05, 4.69) is 20.4 Å². The van der Waals surface area contributed by atoms with Crippen LogP contribution in [-0.2, 0) is 17.8 Å². The molecule has 1 N–H and O–H groups in total. The number of carbonyl (C=O) groups is 1. The highest BCUT2D eigenvalue weighted by atomic mass is 16.4. The third-order valence-corrected chi connectivity index (χ3v) is 2.36. The molecule has 0 aromatic carbocycles. The molecule has 2 heterocycles. The van der Waals surface area contributed by atoms with Crippen LogP contribution in [0.3, 0.4) is 0 Å². The van der Waals surface area contributed by atoms with E-state index in [4.69, 9.17) is 5.11 Å². The van der Waals surface area contributed by atoms with Crippen LogP contribution in [0.1, 0.15) is 31.4 Å². The first kappa shape index (κ1) is 12.2. The van der Waals surface area contributed by atoms with Crippen LogP contribution in [0.2, 0.25) is 0 Å². The molecule has 0 saturated carbocycles. The van der Waals surface area contributed by atoms with Gasteiger partial charge in [0.05, 0.1) is 12.1 Å². The van der Waals surface area contributed by atoms with Gasteiger partial charge in [-0.15, -0.1) is 5.10 Å². The molecule has 0 unspecified atom stereocenters. The van der Waals surface area contributed by atoms with Gasteiger partial charge in [0.2, 0.25) is 0 Å². The number of hydrogen-bond acceptors (Lipinski definition) is 5. The lowest BCUT2D eigenvalue weighted by atomic mass is 10.3. The number of carboxylic acids is 1. The first-order chi connectivity index (χ1) is 8.56. The number of hydrogen-bond donors (Lipinski definition) is 1. The fraction of sp³-hybridized carbons (Fsp3) is 0.500. The van der Waals surface area contributed by atoms with Crippen LogP contribution >= 0.6 is 0 Å². The first-order valence-corrected chi connectivity index (χ1v) is 5.55. The van der Waals surface area contributed by atoms with Gasteiger partial charge in [-0.05, 0) is 13.8 Å². The van der Waals surface area contributed by atoms with E-state index in [1.165, 1.54) is 6.33 Å². The van der Waals surface area contributed by atoms with Crippen molar-refractivity contribution in [2.45, 2.75) is 32.9 Å². The Morgan fingerprint density at radius 2 is 2.28 bits per heavy atom. The number of rotatable bonds is 5. The van der Waals surface area contributed by atoms with E-state index in [0.717, 1.165) is 5.82 Å². The van der Waals surface area contributed by atoms with Gasteiger partial charge in [-0.3, -0.25) is 4.79 Å². The van der Waals surface area contributed by atoms with E-state index in [1.807, 2.05) is 13.8 Å². The van der Waals surface area contributed by atoms with Crippen molar-refractivity contribution in [1.82, 2.24) is 29.8 Å². The number of aromatic nitrogens is 6. The minimum atomic E-state index is -0.924. The molecule has 8 nitrogen and oxygen atoms in total. The molecule has 18 heavy (non-hydrogen) atoms. The summed E-state index contributed by atoms with van der Waals surface area (Å²) in [6, 6.07) is 0.213. The Hall–Kier alpha value is -2.25. The minimum absolute atomic E-state index is 0.128. The largest absolute Gasteiger partial charge is 0.481 e. The van der Waals surface area contributed by atoms with Gasteiger partial charge in [-0.2, -0.15) is 5.10 Å². The fourth-order valence-corrected chi connectivity index (χ4v) is 1.62. The van der Waals surface area contributed by atoms with Crippen LogP contribution in [0.5, 0.6) is 0 Å². The van der Waals surface area contributed by atoms with Crippen molar-refractivity contribution in [1.29, 1.82) is 0 Å². The highest BCUT2D eigenvalue weighted by Crippen LogP contribution is 2.06. The van der Waals surface area contributed by atoms with Crippen molar-refractivity contribution in [2.75, 3.05) is 0 Å². The van der Waals surface area contributed by atoms with Crippen LogP contribution in [0.25, 0.3) is 0 Å². The summed E-state index contributed by atoms with van der Waals surface area (Å²) in [6.07, 6.45) is 2.97. The smallest absolute Gasteiger partial charge is 0.309 e. The Labute approximate surface area is 103 Å². The van der Waals surface area contributed by atoms with Gasteiger partial charge in [0.15, 0.2) is 0 Å². The molecule has 0 saturated heterocycles. The van der Waals surface area contributed by atoms with Gasteiger partial charge in [0, 0.05) is 12.2 Å². The molecule has 0 radical (unpaired) electrons. The molecule has 2 aromatic heterocycles. The summed E-state index contributed by atoms with van der Waals surface area (Å²) < 4.78 is 3.35. The number of carboxylic acid groups (broad SMARTS) is 1. The van der Waals surface area contributed by atoms with Crippen molar-refractivity contribution in [3.63, 3.8) is 0 Å². The van der Waals surface area contributed by atoms with Crippen molar-refractivity contribution < 1.29 is 9.90 Å². The number of aliphatic carboxylic acids is 1. The van der Waals surface area contributed by atoms with E-state index in [1.54, 1.807) is 15.6 Å². The zero-order valence-corrected chi connectivity index (χ0v) is 10.2. The molecule has 0 aliphatic heterocycles. The van der Waals surface area contributed by atoms with Crippen molar-refractivity contribution >= 4 is 5.97 Å². The first-order valence-electron chi connectivity index (χ1n) is 5.55. The molecule has 2 rings (SSSR count). The zero-order chi connectivity index (χ0) is 13.1. The van der Waals surface area contributed by atoms with Crippen molar-refractivity contribution in [3.8, 4) is 0 Å². The highest BCUT2D eigenvalue weighted by molar-refractivity contribution is 5.69. The van der Waals surface area contributed by atoms with Crippen LogP contribution in [0, 0.1) is 0 Å². The molecule has 0 bridgehead atoms. The predicted octanol–water partition coefficient (Wildman–Crippen LogP) is 0.126. The second kappa shape index (κ2) is 4.94. The maximum absolute atomic E-state index is 10.5. The Morgan fingerprint density at radius 1 is 1.50 bits per heavy atom. The fourth-order valence-electron chi connectivity index (χ4n) is 1.62. The molecule has 96 valence electrons. The van der Waals surface area contributed by atoms with Gasteiger partial charge < -0.3 is 5.11 Å². The molecule has 0 aliphatic rings. The maximum Gasteiger partial charge on any atom is 0.309 e. The molecule has 8 heteroatoms. The lowest BCUT2D eigenvalue weighted by Gasteiger charge is -2.08. The van der Waals surface area contributed by atoms with E-state index >= 15 is 0 Å². The lowest BCUT2D eigenvalue weighted by molar-refractivity contribution is -0.136. The van der Waals surface area contributed by atoms with Crippen LogP contribution in [-0.4, -0.2) is 40.8 Å². The topological polar surface area (TPSA) is 98.7 Å². The van der Waals surface area contributed by atoms with E-state index in [-0.39, 0.29) is 12.5 Å². The third kappa shape index (κ3) is 2.70. The summed E-state index contributed by atoms with van der Waals surface area (Å²) in [5, 5.41) is 20.4. The quantitative estimate of drug-likeness (QED) is 0.809. The summed E-state index contributed by atoms with van der Waals surface area (Å²) in [5.74, 6) is -0.163. The molecule has 0 atom stereocenters. The second-order valence-electron chi connectivity index (χ2n) is 4.19. The highest BCUT2D eigenvalue weighted by Gasteiger charge is 2.10. The van der Waals surface area contributed by atoms with Gasteiger partial charge in [0.1, 0.15) is 18.7 Å². The lowest BCUT2D eigenvalue weighted by Crippen LogP contribution is -2.12. The molecule has 0 amide bonds. The Bertz CT molecular complexity index is 544. The summed E-state index contributed by atoms with van der Waals surface area (Å²) in [6.45, 7) is 4.44. The van der Waals surface area contributed by atoms with E-state index in [9.17, 15) is 4.79 Å². The van der Waals surface area contributed by atoms with Crippen LogP contribution < -0.4 is 0 Å². The average Bonchev–Trinajstić information content (AvgIpc) is 2.87. The van der Waals surface area contributed by atoms with Gasteiger partial charge in [0.25, 0.3) is 0 Å². The number of nitrogens with zero attached hydrogens (tertiary/aromatic N) is 6. The molecule has 2 aromatic rings. The molecule has 0 aliphatic carbocycles. The van der Waals surface area contributed by atoms with Gasteiger partial charge >= 0.3 is 5.97 Å². The second-order valence-corrected chi connectivity index (χ2v) is 4.19. The Morgan fingerprint density at radius 3 is 2.94 bits per heavy atom. The normalized spacial score (nSPS) is 11.1. The third-order valence-electron chi connectivity index (χ3n) is 2.36. The van der Waals surface area contributed by atoms with Crippen molar-refractivity contribution in [3.05, 3.63) is 24.0 Å². The molecular formula is C10H14N6O2. The maximum atomic E-state index is 10.5. The summed E-state index contributed by atoms with van der Waals surface area (Å²) in [7, 11) is 0. The van der Waals surface area contributed by atoms with Gasteiger partial charge in [-0.25, -0.2) is 14.3 Å². The zero-order valence-electron chi connectivity index (χ0n) is 10.2. The summed E-state index contributed by atoms with van der Waals surface area (Å²) in [4.78, 5) is 14.7. The molecule has 0 fully saturated rings. The average molecular weight is 250 g/mol. The van der Waals surface area contributed by atoms with Crippen LogP contribution in [0.15, 0.2) is 12.5 Å². The van der Waals surface area contributed by atoms with E-state index in [0.29, 0.717) is 12.2 Å². The SMILES string of the molecule is CC(C)n1ncnc1Cn1cc(CC(=O)O)nn1. The minimum Gasteiger partial charge on any atom is -0.481 e. The summed E-state index contributed by atoms with van der Waals surface area (Å²) >= 11 is 0. The standard InChI is InChI=1S/C10H14N6O2/c1-7(2)16-9(11-6-12-16)5-15-4-8(13-14-15)3-10(17)18/h4,6-7H,3,5H2,1-2H3,(H,17,18). The summed E-state index contributed by atoms with van der Waals surface area (Å²) in [5.41, 5.74) is 0.429. The Balaban J connectivity index is 2.11. The van der Waals surface area contributed by atoms with Gasteiger partial charge in [-0.1, -0.05) is 5.21 Å². The van der Waals surface area contributed by atoms with E-state index < -0.39 is 5.97 Å². The molecule has 0 spiro atoms. The predicted molar refractivity (Wildman–Crippen MR) is 60.9 cm³/mol. The molecular weight excluding hydrogens is 236 g/mol. The van der Waals surface area contributed by atoms with Crippen molar-refractivity contribution in [2.24, 2.45) is 0 Å².